The van der Waals surface area contributed by atoms with E-state index in [2.05, 4.69) is 24.7 Å². The van der Waals surface area contributed by atoms with Crippen LogP contribution in [0.1, 0.15) is 23.0 Å². The van der Waals surface area contributed by atoms with E-state index in [0.717, 1.165) is 23.9 Å². The van der Waals surface area contributed by atoms with E-state index in [0.29, 0.717) is 41.1 Å². The van der Waals surface area contributed by atoms with Gasteiger partial charge in [0.25, 0.3) is 5.91 Å². The van der Waals surface area contributed by atoms with Crippen LogP contribution in [0.3, 0.4) is 0 Å². The van der Waals surface area contributed by atoms with Gasteiger partial charge in [-0.05, 0) is 49.4 Å². The second-order valence-electron chi connectivity index (χ2n) is 10.3. The maximum Gasteiger partial charge on any atom is 0.279 e. The van der Waals surface area contributed by atoms with Crippen molar-refractivity contribution in [3.8, 4) is 17.2 Å². The lowest BCUT2D eigenvalue weighted by molar-refractivity contribution is -0.0904. The quantitative estimate of drug-likeness (QED) is 0.163. The molecule has 0 saturated heterocycles. The summed E-state index contributed by atoms with van der Waals surface area (Å²) in [6, 6.07) is 13.9. The highest BCUT2D eigenvalue weighted by atomic mass is 35.5. The zero-order valence-electron chi connectivity index (χ0n) is 22.0. The number of hydrogen-bond donors (Lipinski definition) is 0. The minimum atomic E-state index is -1.11. The van der Waals surface area contributed by atoms with Crippen LogP contribution in [-0.2, 0) is 16.0 Å². The van der Waals surface area contributed by atoms with Gasteiger partial charge in [-0.2, -0.15) is 5.10 Å². The van der Waals surface area contributed by atoms with E-state index in [1.807, 2.05) is 37.4 Å². The number of aromatic nitrogens is 2. The molecule has 0 radical (unpaired) electrons. The summed E-state index contributed by atoms with van der Waals surface area (Å²) in [5.41, 5.74) is 2.85. The summed E-state index contributed by atoms with van der Waals surface area (Å²) in [7, 11) is 0.470. The van der Waals surface area contributed by atoms with E-state index >= 15 is 0 Å². The molecule has 1 aliphatic heterocycles. The molecule has 0 fully saturated rings. The highest BCUT2D eigenvalue weighted by Gasteiger charge is 2.32. The van der Waals surface area contributed by atoms with Gasteiger partial charge >= 0.3 is 0 Å². The Bertz CT molecular complexity index is 1230. The Kier molecular flexibility index (Phi) is 8.59. The molecule has 198 valence electrons. The molecule has 0 N–H and O–H groups in total. The Morgan fingerprint density at radius 1 is 1.08 bits per heavy atom. The Labute approximate surface area is 224 Å². The fourth-order valence-corrected chi connectivity index (χ4v) is 4.69. The molecule has 1 aromatic heterocycles. The molecule has 0 spiro atoms. The molecule has 2 heterocycles. The monoisotopic (exact) mass is 543 g/mol. The first-order valence-corrected chi connectivity index (χ1v) is 16.4. The molecule has 1 unspecified atom stereocenters. The van der Waals surface area contributed by atoms with Crippen molar-refractivity contribution in [3.63, 3.8) is 0 Å². The summed E-state index contributed by atoms with van der Waals surface area (Å²) in [6.45, 7) is 10.6. The maximum absolute atomic E-state index is 13.1. The van der Waals surface area contributed by atoms with E-state index in [-0.39, 0.29) is 18.8 Å². The van der Waals surface area contributed by atoms with E-state index in [1.54, 1.807) is 34.9 Å². The van der Waals surface area contributed by atoms with Gasteiger partial charge in [-0.3, -0.25) is 4.79 Å². The molecule has 37 heavy (non-hydrogen) atoms. The normalized spacial score (nSPS) is 14.1. The predicted octanol–water partition coefficient (Wildman–Crippen LogP) is 5.79. The third kappa shape index (κ3) is 6.92. The van der Waals surface area contributed by atoms with Crippen molar-refractivity contribution >= 4 is 31.3 Å². The van der Waals surface area contributed by atoms with Crippen LogP contribution < -0.4 is 14.4 Å². The Morgan fingerprint density at radius 2 is 1.81 bits per heavy atom. The molecule has 4 rings (SSSR count). The SMILES string of the molecule is COc1cc(N2Cc3cn(-c4ccc(Cl)cc4)nc3C2=O)ccc1OCC(C)OCOCC[Si](C)(C)C. The first-order valence-electron chi connectivity index (χ1n) is 12.3. The number of anilines is 1. The van der Waals surface area contributed by atoms with Crippen LogP contribution >= 0.6 is 11.6 Å². The number of hydrogen-bond acceptors (Lipinski definition) is 6. The van der Waals surface area contributed by atoms with Gasteiger partial charge in [0.1, 0.15) is 13.4 Å². The fraction of sp³-hybridized carbons (Fsp3) is 0.407. The smallest absolute Gasteiger partial charge is 0.279 e. The minimum Gasteiger partial charge on any atom is -0.493 e. The van der Waals surface area contributed by atoms with Crippen LogP contribution in [0.5, 0.6) is 11.5 Å². The van der Waals surface area contributed by atoms with Crippen LogP contribution in [0, 0.1) is 0 Å². The molecule has 8 nitrogen and oxygen atoms in total. The van der Waals surface area contributed by atoms with E-state index in [9.17, 15) is 4.79 Å². The average Bonchev–Trinajstić information content (AvgIpc) is 3.41. The highest BCUT2D eigenvalue weighted by molar-refractivity contribution is 6.76. The highest BCUT2D eigenvalue weighted by Crippen LogP contribution is 2.35. The molecule has 1 aliphatic rings. The molecule has 0 saturated carbocycles. The number of carbonyl (C=O) groups is 1. The summed E-state index contributed by atoms with van der Waals surface area (Å²) in [6.07, 6.45) is 1.73. The van der Waals surface area contributed by atoms with E-state index < -0.39 is 8.07 Å². The average molecular weight is 544 g/mol. The number of nitrogens with zero attached hydrogens (tertiary/aromatic N) is 3. The van der Waals surface area contributed by atoms with Gasteiger partial charge in [-0.25, -0.2) is 4.68 Å². The number of ether oxygens (including phenoxy) is 4. The van der Waals surface area contributed by atoms with Crippen molar-refractivity contribution < 1.29 is 23.7 Å². The van der Waals surface area contributed by atoms with Crippen LogP contribution in [0.4, 0.5) is 5.69 Å². The lowest BCUT2D eigenvalue weighted by Crippen LogP contribution is -2.24. The molecule has 0 bridgehead atoms. The van der Waals surface area contributed by atoms with Crippen LogP contribution in [0.2, 0.25) is 30.7 Å². The number of amides is 1. The standard InChI is InChI=1S/C27H34ClN3O5Si/c1-19(36-18-34-12-13-37(3,4)5)17-35-24-11-10-23(14-25(24)33-2)30-15-20-16-31(29-26(20)27(30)32)22-8-6-21(28)7-9-22/h6-11,14,16,19H,12-13,15,17-18H2,1-5H3. The number of rotatable bonds is 12. The summed E-state index contributed by atoms with van der Waals surface area (Å²) in [4.78, 5) is 14.8. The molecule has 2 aromatic carbocycles. The van der Waals surface area contributed by atoms with Crippen molar-refractivity contribution in [1.29, 1.82) is 0 Å². The molecule has 10 heteroatoms. The van der Waals surface area contributed by atoms with Crippen LogP contribution in [-0.4, -0.2) is 57.0 Å². The molecule has 1 atom stereocenters. The topological polar surface area (TPSA) is 75.1 Å². The zero-order valence-corrected chi connectivity index (χ0v) is 23.7. The first-order chi connectivity index (χ1) is 17.6. The first kappa shape index (κ1) is 27.2. The molecular formula is C27H34ClN3O5Si. The third-order valence-electron chi connectivity index (χ3n) is 6.02. The molecule has 0 aliphatic carbocycles. The fourth-order valence-electron chi connectivity index (χ4n) is 3.81. The van der Waals surface area contributed by atoms with E-state index in [4.69, 9.17) is 30.5 Å². The van der Waals surface area contributed by atoms with Crippen molar-refractivity contribution in [1.82, 2.24) is 9.78 Å². The van der Waals surface area contributed by atoms with Crippen molar-refractivity contribution in [2.75, 3.05) is 32.0 Å². The molecular weight excluding hydrogens is 510 g/mol. The number of halogens is 1. The second-order valence-corrected chi connectivity index (χ2v) is 16.3. The van der Waals surface area contributed by atoms with Gasteiger partial charge in [0.15, 0.2) is 17.2 Å². The summed E-state index contributed by atoms with van der Waals surface area (Å²) in [5, 5.41) is 5.16. The largest absolute Gasteiger partial charge is 0.493 e. The summed E-state index contributed by atoms with van der Waals surface area (Å²) in [5.74, 6) is 0.966. The summed E-state index contributed by atoms with van der Waals surface area (Å²) < 4.78 is 24.5. The zero-order chi connectivity index (χ0) is 26.6. The predicted molar refractivity (Wildman–Crippen MR) is 147 cm³/mol. The minimum absolute atomic E-state index is 0.149. The van der Waals surface area contributed by atoms with Crippen molar-refractivity contribution in [3.05, 3.63) is 64.9 Å². The Balaban J connectivity index is 1.33. The number of fused-ring (bicyclic) bond motifs is 1. The van der Waals surface area contributed by atoms with Gasteiger partial charge in [0, 0.05) is 43.2 Å². The lowest BCUT2D eigenvalue weighted by atomic mass is 10.2. The third-order valence-corrected chi connectivity index (χ3v) is 7.98. The lowest BCUT2D eigenvalue weighted by Gasteiger charge is -2.20. The molecule has 1 amide bonds. The Hall–Kier alpha value is -2.85. The van der Waals surface area contributed by atoms with Gasteiger partial charge in [0.05, 0.1) is 25.4 Å². The number of methoxy groups -OCH3 is 1. The van der Waals surface area contributed by atoms with Gasteiger partial charge in [-0.15, -0.1) is 0 Å². The second kappa shape index (κ2) is 11.7. The maximum atomic E-state index is 13.1. The van der Waals surface area contributed by atoms with Gasteiger partial charge in [-0.1, -0.05) is 31.2 Å². The van der Waals surface area contributed by atoms with Gasteiger partial charge in [0.2, 0.25) is 0 Å². The Morgan fingerprint density at radius 3 is 2.49 bits per heavy atom. The molecule has 3 aromatic rings. The van der Waals surface area contributed by atoms with Crippen molar-refractivity contribution in [2.24, 2.45) is 0 Å². The van der Waals surface area contributed by atoms with E-state index in [1.165, 1.54) is 0 Å². The van der Waals surface area contributed by atoms with Crippen molar-refractivity contribution in [2.45, 2.75) is 45.3 Å². The summed E-state index contributed by atoms with van der Waals surface area (Å²) >= 11 is 5.98. The number of carbonyl (C=O) groups excluding carboxylic acids is 1. The number of benzene rings is 2. The van der Waals surface area contributed by atoms with Gasteiger partial charge < -0.3 is 23.8 Å². The van der Waals surface area contributed by atoms with Crippen LogP contribution in [0.25, 0.3) is 5.69 Å². The van der Waals surface area contributed by atoms with Crippen LogP contribution in [0.15, 0.2) is 48.7 Å².